The van der Waals surface area contributed by atoms with Crippen LogP contribution in [0.5, 0.6) is 0 Å². The minimum absolute atomic E-state index is 0.0433. The van der Waals surface area contributed by atoms with Gasteiger partial charge in [-0.2, -0.15) is 0 Å². The van der Waals surface area contributed by atoms with E-state index < -0.39 is 0 Å². The third-order valence-corrected chi connectivity index (χ3v) is 4.43. The first-order chi connectivity index (χ1) is 10.7. The van der Waals surface area contributed by atoms with Crippen molar-refractivity contribution in [2.45, 2.75) is 19.1 Å². The molecule has 0 unspecified atom stereocenters. The van der Waals surface area contributed by atoms with E-state index in [2.05, 4.69) is 11.9 Å². The molecule has 1 aromatic carbocycles. The normalized spacial score (nSPS) is 26.5. The van der Waals surface area contributed by atoms with Crippen LogP contribution >= 0.6 is 0 Å². The lowest BCUT2D eigenvalue weighted by Gasteiger charge is -2.18. The molecule has 22 heavy (non-hydrogen) atoms. The molecular weight excluding hydrogens is 280 g/mol. The van der Waals surface area contributed by atoms with E-state index in [-0.39, 0.29) is 36.5 Å². The molecule has 0 aromatic heterocycles. The van der Waals surface area contributed by atoms with Gasteiger partial charge in [-0.1, -0.05) is 36.4 Å². The molecular formula is C17H20N2O3. The molecule has 0 saturated carbocycles. The number of hydrogen-bond donors (Lipinski definition) is 1. The first kappa shape index (κ1) is 14.6. The number of fused-ring (bicyclic) bond motifs is 1. The Labute approximate surface area is 129 Å². The standard InChI is InChI=1S/C17H20N2O3/c1-2-6-13-14-9-19(10-15(14)18-16(13)20)17(21)22-11-12-7-4-3-5-8-12/h2-5,7-8,13-15H,1,6,9-11H2,(H,18,20)/t13-,14-,15+/m1/s1. The molecule has 0 bridgehead atoms. The van der Waals surface area contributed by atoms with Gasteiger partial charge in [-0.05, 0) is 12.0 Å². The van der Waals surface area contributed by atoms with Gasteiger partial charge >= 0.3 is 6.09 Å². The van der Waals surface area contributed by atoms with Crippen LogP contribution in [0.15, 0.2) is 43.0 Å². The van der Waals surface area contributed by atoms with Crippen LogP contribution in [0, 0.1) is 11.8 Å². The van der Waals surface area contributed by atoms with Crippen molar-refractivity contribution < 1.29 is 14.3 Å². The molecule has 5 heteroatoms. The quantitative estimate of drug-likeness (QED) is 0.865. The van der Waals surface area contributed by atoms with Gasteiger partial charge in [0.1, 0.15) is 6.61 Å². The summed E-state index contributed by atoms with van der Waals surface area (Å²) >= 11 is 0. The highest BCUT2D eigenvalue weighted by molar-refractivity contribution is 5.83. The molecule has 1 aromatic rings. The fraction of sp³-hybridized carbons (Fsp3) is 0.412. The van der Waals surface area contributed by atoms with Gasteiger partial charge < -0.3 is 15.0 Å². The van der Waals surface area contributed by atoms with Crippen LogP contribution in [-0.4, -0.2) is 36.0 Å². The highest BCUT2D eigenvalue weighted by Gasteiger charge is 2.48. The lowest BCUT2D eigenvalue weighted by Crippen LogP contribution is -2.36. The molecule has 3 atom stereocenters. The highest BCUT2D eigenvalue weighted by atomic mass is 16.6. The Morgan fingerprint density at radius 3 is 2.86 bits per heavy atom. The number of nitrogens with zero attached hydrogens (tertiary/aromatic N) is 1. The van der Waals surface area contributed by atoms with Gasteiger partial charge in [-0.3, -0.25) is 4.79 Å². The van der Waals surface area contributed by atoms with Crippen molar-refractivity contribution >= 4 is 12.0 Å². The summed E-state index contributed by atoms with van der Waals surface area (Å²) in [4.78, 5) is 25.7. The Balaban J connectivity index is 1.55. The van der Waals surface area contributed by atoms with Gasteiger partial charge in [-0.15, -0.1) is 6.58 Å². The third-order valence-electron chi connectivity index (χ3n) is 4.43. The van der Waals surface area contributed by atoms with E-state index in [0.717, 1.165) is 5.56 Å². The highest BCUT2D eigenvalue weighted by Crippen LogP contribution is 2.33. The number of hydrogen-bond acceptors (Lipinski definition) is 3. The largest absolute Gasteiger partial charge is 0.445 e. The monoisotopic (exact) mass is 300 g/mol. The molecule has 0 aliphatic carbocycles. The fourth-order valence-electron chi connectivity index (χ4n) is 3.29. The summed E-state index contributed by atoms with van der Waals surface area (Å²) in [5.41, 5.74) is 0.966. The summed E-state index contributed by atoms with van der Waals surface area (Å²) in [6, 6.07) is 9.65. The number of carbonyl (C=O) groups excluding carboxylic acids is 2. The average molecular weight is 300 g/mol. The van der Waals surface area contributed by atoms with Crippen LogP contribution in [0.3, 0.4) is 0 Å². The predicted molar refractivity (Wildman–Crippen MR) is 81.9 cm³/mol. The summed E-state index contributed by atoms with van der Waals surface area (Å²) in [5, 5.41) is 2.97. The molecule has 0 spiro atoms. The van der Waals surface area contributed by atoms with Crippen LogP contribution in [0.25, 0.3) is 0 Å². The predicted octanol–water partition coefficient (Wildman–Crippen LogP) is 1.95. The van der Waals surface area contributed by atoms with Crippen molar-refractivity contribution in [3.8, 4) is 0 Å². The van der Waals surface area contributed by atoms with Gasteiger partial charge in [0, 0.05) is 24.9 Å². The molecule has 0 radical (unpaired) electrons. The molecule has 2 fully saturated rings. The summed E-state index contributed by atoms with van der Waals surface area (Å²) in [6.07, 6.45) is 2.10. The molecule has 2 heterocycles. The van der Waals surface area contributed by atoms with Crippen molar-refractivity contribution in [3.05, 3.63) is 48.6 Å². The molecule has 5 nitrogen and oxygen atoms in total. The smallest absolute Gasteiger partial charge is 0.410 e. The number of benzene rings is 1. The maximum atomic E-state index is 12.2. The third kappa shape index (κ3) is 2.84. The number of nitrogens with one attached hydrogen (secondary N) is 1. The zero-order valence-corrected chi connectivity index (χ0v) is 12.4. The minimum atomic E-state index is -0.315. The van der Waals surface area contributed by atoms with Crippen molar-refractivity contribution in [3.63, 3.8) is 0 Å². The van der Waals surface area contributed by atoms with Crippen molar-refractivity contribution in [2.75, 3.05) is 13.1 Å². The number of ether oxygens (including phenoxy) is 1. The molecule has 2 aliphatic rings. The summed E-state index contributed by atoms with van der Waals surface area (Å²) in [5.74, 6) is 0.163. The zero-order chi connectivity index (χ0) is 15.5. The summed E-state index contributed by atoms with van der Waals surface area (Å²) in [7, 11) is 0. The van der Waals surface area contributed by atoms with Crippen LogP contribution in [0.2, 0.25) is 0 Å². The average Bonchev–Trinajstić information content (AvgIpc) is 3.05. The SMILES string of the molecule is C=CC[C@H]1C(=O)N[C@H]2CN(C(=O)OCc3ccccc3)C[C@@H]21. The molecule has 3 rings (SSSR count). The Hall–Kier alpha value is -2.30. The number of amides is 2. The second kappa shape index (κ2) is 6.22. The zero-order valence-electron chi connectivity index (χ0n) is 12.4. The van der Waals surface area contributed by atoms with Crippen LogP contribution in [-0.2, 0) is 16.1 Å². The van der Waals surface area contributed by atoms with E-state index in [1.165, 1.54) is 0 Å². The van der Waals surface area contributed by atoms with Crippen molar-refractivity contribution in [1.29, 1.82) is 0 Å². The topological polar surface area (TPSA) is 58.6 Å². The molecule has 2 aliphatic heterocycles. The van der Waals surface area contributed by atoms with Gasteiger partial charge in [0.2, 0.25) is 5.91 Å². The lowest BCUT2D eigenvalue weighted by molar-refractivity contribution is -0.123. The number of rotatable bonds is 4. The van der Waals surface area contributed by atoms with E-state index in [1.54, 1.807) is 11.0 Å². The summed E-state index contributed by atoms with van der Waals surface area (Å²) < 4.78 is 5.35. The van der Waals surface area contributed by atoms with Gasteiger partial charge in [0.25, 0.3) is 0 Å². The maximum absolute atomic E-state index is 12.2. The Morgan fingerprint density at radius 1 is 1.36 bits per heavy atom. The van der Waals surface area contributed by atoms with E-state index in [1.807, 2.05) is 30.3 Å². The molecule has 2 saturated heterocycles. The minimum Gasteiger partial charge on any atom is -0.445 e. The van der Waals surface area contributed by atoms with E-state index in [9.17, 15) is 9.59 Å². The fourth-order valence-corrected chi connectivity index (χ4v) is 3.29. The number of allylic oxidation sites excluding steroid dienone is 1. The van der Waals surface area contributed by atoms with E-state index in [4.69, 9.17) is 4.74 Å². The van der Waals surface area contributed by atoms with Crippen LogP contribution in [0.1, 0.15) is 12.0 Å². The summed E-state index contributed by atoms with van der Waals surface area (Å²) in [6.45, 7) is 5.07. The van der Waals surface area contributed by atoms with Gasteiger partial charge in [-0.25, -0.2) is 4.79 Å². The number of carbonyl (C=O) groups is 2. The molecule has 116 valence electrons. The van der Waals surface area contributed by atoms with Gasteiger partial charge in [0.15, 0.2) is 0 Å². The van der Waals surface area contributed by atoms with Crippen LogP contribution in [0.4, 0.5) is 4.79 Å². The van der Waals surface area contributed by atoms with Crippen LogP contribution < -0.4 is 5.32 Å². The molecule has 2 amide bonds. The lowest BCUT2D eigenvalue weighted by atomic mass is 9.90. The van der Waals surface area contributed by atoms with E-state index in [0.29, 0.717) is 19.5 Å². The van der Waals surface area contributed by atoms with Crippen molar-refractivity contribution in [2.24, 2.45) is 11.8 Å². The van der Waals surface area contributed by atoms with Crippen molar-refractivity contribution in [1.82, 2.24) is 10.2 Å². The van der Waals surface area contributed by atoms with E-state index >= 15 is 0 Å². The Bertz CT molecular complexity index is 573. The first-order valence-corrected chi connectivity index (χ1v) is 7.56. The Kier molecular flexibility index (Phi) is 4.13. The van der Waals surface area contributed by atoms with Gasteiger partial charge in [0.05, 0.1) is 6.04 Å². The Morgan fingerprint density at radius 2 is 2.14 bits per heavy atom. The first-order valence-electron chi connectivity index (χ1n) is 7.56. The second-order valence-corrected chi connectivity index (χ2v) is 5.85. The second-order valence-electron chi connectivity index (χ2n) is 5.85. The maximum Gasteiger partial charge on any atom is 0.410 e. The molecule has 1 N–H and O–H groups in total. The number of likely N-dealkylation sites (tertiary alicyclic amines) is 1.